The summed E-state index contributed by atoms with van der Waals surface area (Å²) in [7, 11) is 0. The lowest BCUT2D eigenvalue weighted by Gasteiger charge is -2.21. The second-order valence-electron chi connectivity index (χ2n) is 9.83. The molecule has 9 nitrogen and oxygen atoms in total. The third-order valence-corrected chi connectivity index (χ3v) is 7.33. The molecule has 9 heteroatoms. The van der Waals surface area contributed by atoms with E-state index in [1.165, 1.54) is 0 Å². The normalized spacial score (nSPS) is 14.2. The van der Waals surface area contributed by atoms with Crippen LogP contribution in [0.5, 0.6) is 0 Å². The number of hydrogen-bond donors (Lipinski definition) is 4. The Morgan fingerprint density at radius 2 is 1.79 bits per heavy atom. The number of H-pyrrole nitrogens is 2. The average Bonchev–Trinajstić information content (AvgIpc) is 3.62. The minimum atomic E-state index is 0.0240. The van der Waals surface area contributed by atoms with Crippen LogP contribution in [-0.2, 0) is 4.79 Å². The van der Waals surface area contributed by atoms with Gasteiger partial charge < -0.3 is 15.6 Å². The summed E-state index contributed by atoms with van der Waals surface area (Å²) >= 11 is 0. The van der Waals surface area contributed by atoms with Crippen LogP contribution in [0.2, 0.25) is 0 Å². The molecule has 0 spiro atoms. The molecule has 1 aliphatic heterocycles. The van der Waals surface area contributed by atoms with Gasteiger partial charge in [0.15, 0.2) is 5.65 Å². The van der Waals surface area contributed by atoms with Crippen LogP contribution >= 0.6 is 0 Å². The van der Waals surface area contributed by atoms with E-state index in [9.17, 15) is 4.79 Å². The zero-order chi connectivity index (χ0) is 26.2. The molecule has 0 atom stereocenters. The van der Waals surface area contributed by atoms with E-state index in [0.29, 0.717) is 11.3 Å². The molecule has 5 aromatic heterocycles. The summed E-state index contributed by atoms with van der Waals surface area (Å²) in [6, 6.07) is 18.2. The molecule has 39 heavy (non-hydrogen) atoms. The molecule has 0 aliphatic carbocycles. The molecule has 0 bridgehead atoms. The Morgan fingerprint density at radius 1 is 0.897 bits per heavy atom. The number of amides is 1. The van der Waals surface area contributed by atoms with E-state index >= 15 is 0 Å². The highest BCUT2D eigenvalue weighted by molar-refractivity contribution is 6.01. The van der Waals surface area contributed by atoms with Gasteiger partial charge in [0.1, 0.15) is 0 Å². The van der Waals surface area contributed by atoms with E-state index in [-0.39, 0.29) is 11.8 Å². The van der Waals surface area contributed by atoms with E-state index in [1.807, 2.05) is 30.3 Å². The lowest BCUT2D eigenvalue weighted by molar-refractivity contribution is -0.120. The van der Waals surface area contributed by atoms with E-state index < -0.39 is 0 Å². The second kappa shape index (κ2) is 9.77. The molecule has 1 fully saturated rings. The first kappa shape index (κ1) is 23.2. The highest BCUT2D eigenvalue weighted by atomic mass is 16.1. The molecule has 0 saturated carbocycles. The van der Waals surface area contributed by atoms with Crippen LogP contribution in [0.1, 0.15) is 12.8 Å². The maximum Gasteiger partial charge on any atom is 0.227 e. The molecular weight excluding hydrogens is 488 g/mol. The number of fused-ring (bicyclic) bond motifs is 2. The number of aromatic nitrogens is 6. The minimum Gasteiger partial charge on any atom is -0.353 e. The summed E-state index contributed by atoms with van der Waals surface area (Å²) in [5, 5.41) is 15.9. The smallest absolute Gasteiger partial charge is 0.227 e. The van der Waals surface area contributed by atoms with Crippen molar-refractivity contribution >= 4 is 33.5 Å². The molecule has 192 valence electrons. The summed E-state index contributed by atoms with van der Waals surface area (Å²) in [4.78, 5) is 29.8. The van der Waals surface area contributed by atoms with E-state index in [1.54, 1.807) is 24.8 Å². The van der Waals surface area contributed by atoms with Gasteiger partial charge in [0.05, 0.1) is 29.0 Å². The quantitative estimate of drug-likeness (QED) is 0.252. The Labute approximate surface area is 224 Å². The van der Waals surface area contributed by atoms with Crippen molar-refractivity contribution in [2.45, 2.75) is 12.8 Å². The number of benzene rings is 1. The van der Waals surface area contributed by atoms with Crippen molar-refractivity contribution in [3.05, 3.63) is 79.4 Å². The molecule has 1 saturated heterocycles. The van der Waals surface area contributed by atoms with Gasteiger partial charge in [0.25, 0.3) is 0 Å². The number of pyridine rings is 3. The number of piperidine rings is 1. The van der Waals surface area contributed by atoms with Crippen molar-refractivity contribution in [3.63, 3.8) is 0 Å². The molecule has 1 amide bonds. The van der Waals surface area contributed by atoms with Gasteiger partial charge in [-0.25, -0.2) is 4.98 Å². The van der Waals surface area contributed by atoms with Crippen molar-refractivity contribution in [1.82, 2.24) is 35.5 Å². The molecule has 0 radical (unpaired) electrons. The Bertz CT molecular complexity index is 1800. The predicted molar refractivity (Wildman–Crippen MR) is 152 cm³/mol. The Kier molecular flexibility index (Phi) is 5.82. The van der Waals surface area contributed by atoms with Crippen molar-refractivity contribution in [2.24, 2.45) is 5.92 Å². The first-order chi connectivity index (χ1) is 19.2. The molecule has 1 aliphatic rings. The van der Waals surface area contributed by atoms with Gasteiger partial charge in [-0.3, -0.25) is 19.9 Å². The number of carbonyl (C=O) groups is 1. The zero-order valence-corrected chi connectivity index (χ0v) is 21.1. The minimum absolute atomic E-state index is 0.0240. The van der Waals surface area contributed by atoms with Gasteiger partial charge in [0.2, 0.25) is 5.91 Å². The van der Waals surface area contributed by atoms with Gasteiger partial charge in [0, 0.05) is 57.5 Å². The SMILES string of the molecule is O=C(Nc1cncc(-c2cnc3n[nH]c(-c4cc5c(-c6ccccn6)cccc5[nH]4)c3c2)c1)C1CCNCC1. The first-order valence-electron chi connectivity index (χ1n) is 13.1. The van der Waals surface area contributed by atoms with Crippen molar-refractivity contribution in [1.29, 1.82) is 0 Å². The second-order valence-corrected chi connectivity index (χ2v) is 9.83. The monoisotopic (exact) mass is 514 g/mol. The number of rotatable bonds is 5. The summed E-state index contributed by atoms with van der Waals surface area (Å²) in [5.74, 6) is 0.0703. The van der Waals surface area contributed by atoms with Gasteiger partial charge in [-0.1, -0.05) is 18.2 Å². The van der Waals surface area contributed by atoms with Crippen LogP contribution < -0.4 is 10.6 Å². The lowest BCUT2D eigenvalue weighted by atomic mass is 9.97. The summed E-state index contributed by atoms with van der Waals surface area (Å²) in [6.45, 7) is 1.74. The maximum atomic E-state index is 12.7. The van der Waals surface area contributed by atoms with E-state index in [0.717, 1.165) is 76.0 Å². The zero-order valence-electron chi connectivity index (χ0n) is 21.1. The highest BCUT2D eigenvalue weighted by Gasteiger charge is 2.21. The average molecular weight is 515 g/mol. The summed E-state index contributed by atoms with van der Waals surface area (Å²) in [5.41, 5.74) is 7.83. The van der Waals surface area contributed by atoms with Crippen LogP contribution in [0.25, 0.3) is 55.7 Å². The van der Waals surface area contributed by atoms with Crippen molar-refractivity contribution in [3.8, 4) is 33.8 Å². The Balaban J connectivity index is 1.23. The number of hydrogen-bond acceptors (Lipinski definition) is 6. The molecule has 0 unspecified atom stereocenters. The van der Waals surface area contributed by atoms with Crippen molar-refractivity contribution in [2.75, 3.05) is 18.4 Å². The van der Waals surface area contributed by atoms with Crippen LogP contribution in [0.4, 0.5) is 5.69 Å². The van der Waals surface area contributed by atoms with Gasteiger partial charge in [-0.05, 0) is 62.3 Å². The number of aromatic amines is 2. The van der Waals surface area contributed by atoms with Crippen LogP contribution in [0.3, 0.4) is 0 Å². The largest absolute Gasteiger partial charge is 0.353 e. The maximum absolute atomic E-state index is 12.7. The van der Waals surface area contributed by atoms with Gasteiger partial charge in [-0.2, -0.15) is 5.10 Å². The van der Waals surface area contributed by atoms with Crippen molar-refractivity contribution < 1.29 is 4.79 Å². The molecule has 1 aromatic carbocycles. The molecule has 6 aromatic rings. The number of nitrogens with zero attached hydrogens (tertiary/aromatic N) is 4. The molecule has 6 heterocycles. The highest BCUT2D eigenvalue weighted by Crippen LogP contribution is 2.34. The molecule has 7 rings (SSSR count). The van der Waals surface area contributed by atoms with Crippen LogP contribution in [0.15, 0.2) is 79.4 Å². The fourth-order valence-electron chi connectivity index (χ4n) is 5.29. The fourth-order valence-corrected chi connectivity index (χ4v) is 5.29. The third kappa shape index (κ3) is 4.42. The van der Waals surface area contributed by atoms with Gasteiger partial charge in [-0.15, -0.1) is 0 Å². The van der Waals surface area contributed by atoms with Crippen LogP contribution in [-0.4, -0.2) is 49.1 Å². The van der Waals surface area contributed by atoms with E-state index in [2.05, 4.69) is 65.0 Å². The Hall–Kier alpha value is -4.89. The summed E-state index contributed by atoms with van der Waals surface area (Å²) in [6.07, 6.45) is 8.75. The summed E-state index contributed by atoms with van der Waals surface area (Å²) < 4.78 is 0. The fraction of sp³-hybridized carbons (Fsp3) is 0.167. The standard InChI is InChI=1S/C30H26N8O/c39-30(18-7-10-31-11-8-18)35-21-12-19(15-32-17-21)20-13-24-28(37-38-29(24)34-16-20)27-14-23-22(4-3-6-26(23)36-27)25-5-1-2-9-33-25/h1-6,9,12-18,31,36H,7-8,10-11H2,(H,35,39)(H,34,37,38). The number of nitrogens with one attached hydrogen (secondary N) is 4. The predicted octanol–water partition coefficient (Wildman–Crippen LogP) is 5.17. The third-order valence-electron chi connectivity index (χ3n) is 7.33. The lowest BCUT2D eigenvalue weighted by Crippen LogP contribution is -2.34. The first-order valence-corrected chi connectivity index (χ1v) is 13.1. The number of carbonyl (C=O) groups excluding carboxylic acids is 1. The van der Waals surface area contributed by atoms with Crippen LogP contribution in [0, 0.1) is 5.92 Å². The number of anilines is 1. The molecule has 4 N–H and O–H groups in total. The molecular formula is C30H26N8O. The Morgan fingerprint density at radius 3 is 2.67 bits per heavy atom. The van der Waals surface area contributed by atoms with Gasteiger partial charge >= 0.3 is 0 Å². The van der Waals surface area contributed by atoms with E-state index in [4.69, 9.17) is 0 Å². The topological polar surface area (TPSA) is 124 Å².